The van der Waals surface area contributed by atoms with E-state index in [1.54, 1.807) is 0 Å². The molecule has 0 bridgehead atoms. The Bertz CT molecular complexity index is 237. The maximum Gasteiger partial charge on any atom is 0.229 e. The molecule has 0 radical (unpaired) electrons. The zero-order chi connectivity index (χ0) is 12.0. The molecular formula is C12H21NO2S. The van der Waals surface area contributed by atoms with Gasteiger partial charge in [-0.1, -0.05) is 13.3 Å². The van der Waals surface area contributed by atoms with E-state index in [1.807, 2.05) is 0 Å². The van der Waals surface area contributed by atoms with E-state index < -0.39 is 0 Å². The number of likely N-dealkylation sites (tertiary alicyclic amines) is 1. The lowest BCUT2D eigenvalue weighted by molar-refractivity contribution is -0.144. The number of carbonyl (C=O) groups excluding carboxylic acids is 2. The van der Waals surface area contributed by atoms with Crippen molar-refractivity contribution in [2.24, 2.45) is 5.92 Å². The highest BCUT2D eigenvalue weighted by Gasteiger charge is 2.25. The minimum atomic E-state index is 0.00499. The van der Waals surface area contributed by atoms with E-state index in [2.05, 4.69) is 19.6 Å². The number of thiol groups is 1. The predicted molar refractivity (Wildman–Crippen MR) is 67.4 cm³/mol. The Labute approximate surface area is 103 Å². The lowest BCUT2D eigenvalue weighted by Crippen LogP contribution is -2.39. The first kappa shape index (κ1) is 13.6. The summed E-state index contributed by atoms with van der Waals surface area (Å²) in [5.74, 6) is 1.10. The molecule has 1 unspecified atom stereocenters. The van der Waals surface area contributed by atoms with Crippen LogP contribution >= 0.6 is 12.6 Å². The van der Waals surface area contributed by atoms with Crippen LogP contribution < -0.4 is 0 Å². The molecule has 3 nitrogen and oxygen atoms in total. The summed E-state index contributed by atoms with van der Waals surface area (Å²) in [6.07, 6.45) is 4.84. The van der Waals surface area contributed by atoms with Crippen LogP contribution in [0.15, 0.2) is 0 Å². The van der Waals surface area contributed by atoms with Crippen molar-refractivity contribution in [3.05, 3.63) is 0 Å². The fraction of sp³-hybridized carbons (Fsp3) is 0.833. The van der Waals surface area contributed by atoms with Gasteiger partial charge in [0.2, 0.25) is 11.8 Å². The van der Waals surface area contributed by atoms with Gasteiger partial charge in [-0.25, -0.2) is 0 Å². The topological polar surface area (TPSA) is 37.4 Å². The number of hydrogen-bond acceptors (Lipinski definition) is 3. The number of rotatable bonds is 5. The fourth-order valence-corrected chi connectivity index (χ4v) is 2.37. The molecule has 0 spiro atoms. The number of carbonyl (C=O) groups is 2. The van der Waals surface area contributed by atoms with E-state index >= 15 is 0 Å². The second kappa shape index (κ2) is 6.94. The summed E-state index contributed by atoms with van der Waals surface area (Å²) >= 11 is 4.29. The Morgan fingerprint density at radius 1 is 1.25 bits per heavy atom. The molecule has 1 saturated heterocycles. The quantitative estimate of drug-likeness (QED) is 0.594. The molecular weight excluding hydrogens is 222 g/mol. The molecule has 0 aromatic carbocycles. The van der Waals surface area contributed by atoms with Crippen molar-refractivity contribution in [1.82, 2.24) is 4.90 Å². The number of nitrogens with zero attached hydrogens (tertiary/aromatic N) is 1. The summed E-state index contributed by atoms with van der Waals surface area (Å²) in [5, 5.41) is 0. The number of imide groups is 1. The van der Waals surface area contributed by atoms with Gasteiger partial charge in [0.25, 0.3) is 0 Å². The minimum absolute atomic E-state index is 0.00499. The van der Waals surface area contributed by atoms with Crippen molar-refractivity contribution in [2.45, 2.75) is 45.4 Å². The minimum Gasteiger partial charge on any atom is -0.282 e. The smallest absolute Gasteiger partial charge is 0.229 e. The molecule has 0 aromatic heterocycles. The summed E-state index contributed by atoms with van der Waals surface area (Å²) in [6.45, 7) is 2.68. The largest absolute Gasteiger partial charge is 0.282 e. The van der Waals surface area contributed by atoms with Gasteiger partial charge in [0, 0.05) is 19.4 Å². The highest BCUT2D eigenvalue weighted by molar-refractivity contribution is 7.80. The van der Waals surface area contributed by atoms with Crippen LogP contribution in [0.4, 0.5) is 0 Å². The second-order valence-electron chi connectivity index (χ2n) is 4.44. The van der Waals surface area contributed by atoms with E-state index in [0.717, 1.165) is 31.4 Å². The summed E-state index contributed by atoms with van der Waals surface area (Å²) in [4.78, 5) is 25.0. The molecule has 0 aliphatic carbocycles. The maximum absolute atomic E-state index is 11.8. The molecule has 92 valence electrons. The zero-order valence-corrected chi connectivity index (χ0v) is 10.8. The van der Waals surface area contributed by atoms with E-state index in [4.69, 9.17) is 0 Å². The van der Waals surface area contributed by atoms with E-state index in [0.29, 0.717) is 25.3 Å². The SMILES string of the molecule is CCCC(CS)CN1C(=O)CCCCC1=O. The van der Waals surface area contributed by atoms with E-state index in [-0.39, 0.29) is 11.8 Å². The van der Waals surface area contributed by atoms with Gasteiger partial charge in [-0.3, -0.25) is 14.5 Å². The monoisotopic (exact) mass is 243 g/mol. The van der Waals surface area contributed by atoms with Crippen molar-refractivity contribution in [1.29, 1.82) is 0 Å². The van der Waals surface area contributed by atoms with Gasteiger partial charge in [-0.05, 0) is 30.9 Å². The Kier molecular flexibility index (Phi) is 5.88. The molecule has 1 aliphatic rings. The van der Waals surface area contributed by atoms with Gasteiger partial charge in [-0.15, -0.1) is 0 Å². The predicted octanol–water partition coefficient (Wildman–Crippen LogP) is 2.26. The number of hydrogen-bond donors (Lipinski definition) is 1. The molecule has 1 aliphatic heterocycles. The molecule has 2 amide bonds. The van der Waals surface area contributed by atoms with Gasteiger partial charge in [-0.2, -0.15) is 12.6 Å². The first-order valence-corrected chi connectivity index (χ1v) is 6.76. The van der Waals surface area contributed by atoms with Crippen molar-refractivity contribution < 1.29 is 9.59 Å². The third-order valence-corrected chi connectivity index (χ3v) is 3.55. The lowest BCUT2D eigenvalue weighted by Gasteiger charge is -2.23. The molecule has 16 heavy (non-hydrogen) atoms. The normalized spacial score (nSPS) is 19.8. The first-order chi connectivity index (χ1) is 7.69. The lowest BCUT2D eigenvalue weighted by atomic mass is 10.1. The van der Waals surface area contributed by atoms with Crippen LogP contribution in [0.25, 0.3) is 0 Å². The molecule has 1 atom stereocenters. The number of amides is 2. The van der Waals surface area contributed by atoms with Gasteiger partial charge < -0.3 is 0 Å². The van der Waals surface area contributed by atoms with Gasteiger partial charge in [0.05, 0.1) is 0 Å². The van der Waals surface area contributed by atoms with Gasteiger partial charge in [0.1, 0.15) is 0 Å². The van der Waals surface area contributed by atoms with Crippen LogP contribution in [-0.4, -0.2) is 29.0 Å². The summed E-state index contributed by atoms with van der Waals surface area (Å²) in [7, 11) is 0. The molecule has 4 heteroatoms. The summed E-state index contributed by atoms with van der Waals surface area (Å²) in [6, 6.07) is 0. The van der Waals surface area contributed by atoms with Crippen molar-refractivity contribution >= 4 is 24.4 Å². The summed E-state index contributed by atoms with van der Waals surface area (Å²) in [5.41, 5.74) is 0. The van der Waals surface area contributed by atoms with Crippen LogP contribution in [-0.2, 0) is 9.59 Å². The molecule has 1 heterocycles. The highest BCUT2D eigenvalue weighted by atomic mass is 32.1. The van der Waals surface area contributed by atoms with Gasteiger partial charge >= 0.3 is 0 Å². The molecule has 0 saturated carbocycles. The van der Waals surface area contributed by atoms with Crippen LogP contribution in [0, 0.1) is 5.92 Å². The average Bonchev–Trinajstić information content (AvgIpc) is 2.42. The zero-order valence-electron chi connectivity index (χ0n) is 9.95. The molecule has 0 N–H and O–H groups in total. The Hall–Kier alpha value is -0.510. The van der Waals surface area contributed by atoms with E-state index in [1.165, 1.54) is 4.90 Å². The molecule has 1 rings (SSSR count). The third kappa shape index (κ3) is 3.81. The summed E-state index contributed by atoms with van der Waals surface area (Å²) < 4.78 is 0. The Balaban J connectivity index is 2.59. The fourth-order valence-electron chi connectivity index (χ4n) is 2.07. The standard InChI is InChI=1S/C12H21NO2S/c1-2-5-10(9-16)8-13-11(14)6-3-4-7-12(13)15/h10,16H,2-9H2,1H3. The van der Waals surface area contributed by atoms with Crippen molar-refractivity contribution in [3.63, 3.8) is 0 Å². The Morgan fingerprint density at radius 2 is 1.81 bits per heavy atom. The van der Waals surface area contributed by atoms with Crippen molar-refractivity contribution in [3.8, 4) is 0 Å². The molecule has 0 aromatic rings. The van der Waals surface area contributed by atoms with E-state index in [9.17, 15) is 9.59 Å². The van der Waals surface area contributed by atoms with Crippen LogP contribution in [0.2, 0.25) is 0 Å². The average molecular weight is 243 g/mol. The van der Waals surface area contributed by atoms with Crippen molar-refractivity contribution in [2.75, 3.05) is 12.3 Å². The van der Waals surface area contributed by atoms with Crippen LogP contribution in [0.1, 0.15) is 45.4 Å². The van der Waals surface area contributed by atoms with Gasteiger partial charge in [0.15, 0.2) is 0 Å². The first-order valence-electron chi connectivity index (χ1n) is 6.13. The Morgan fingerprint density at radius 3 is 2.25 bits per heavy atom. The molecule has 1 fully saturated rings. The van der Waals surface area contributed by atoms with Crippen LogP contribution in [0.5, 0.6) is 0 Å². The third-order valence-electron chi connectivity index (χ3n) is 3.03. The maximum atomic E-state index is 11.8. The van der Waals surface area contributed by atoms with Crippen LogP contribution in [0.3, 0.4) is 0 Å². The highest BCUT2D eigenvalue weighted by Crippen LogP contribution is 2.17. The second-order valence-corrected chi connectivity index (χ2v) is 4.81.